The first kappa shape index (κ1) is 10.2. The van der Waals surface area contributed by atoms with Crippen molar-refractivity contribution < 1.29 is 4.79 Å². The van der Waals surface area contributed by atoms with E-state index < -0.39 is 0 Å². The van der Waals surface area contributed by atoms with E-state index in [1.165, 1.54) is 0 Å². The summed E-state index contributed by atoms with van der Waals surface area (Å²) in [6.07, 6.45) is 2.87. The normalized spacial score (nSPS) is 31.2. The minimum atomic E-state index is 0.117. The molecule has 1 aliphatic carbocycles. The molecule has 0 aromatic carbocycles. The average molecular weight is 233 g/mol. The van der Waals surface area contributed by atoms with Crippen molar-refractivity contribution in [3.63, 3.8) is 0 Å². The maximum atomic E-state index is 11.4. The van der Waals surface area contributed by atoms with Gasteiger partial charge >= 0.3 is 0 Å². The molecule has 0 heterocycles. The van der Waals surface area contributed by atoms with E-state index in [4.69, 9.17) is 0 Å². The summed E-state index contributed by atoms with van der Waals surface area (Å²) in [7, 11) is 0. The molecule has 0 aromatic heterocycles. The lowest BCUT2D eigenvalue weighted by atomic mass is 9.89. The molecule has 1 rings (SSSR count). The van der Waals surface area contributed by atoms with Crippen LogP contribution < -0.4 is 0 Å². The first-order chi connectivity index (χ1) is 5.40. The molecule has 70 valence electrons. The zero-order valence-corrected chi connectivity index (χ0v) is 9.65. The van der Waals surface area contributed by atoms with Gasteiger partial charge in [-0.3, -0.25) is 4.79 Å². The Morgan fingerprint density at radius 1 is 1.58 bits per heavy atom. The molecule has 0 bridgehead atoms. The Labute approximate surface area is 83.0 Å². The van der Waals surface area contributed by atoms with Crippen molar-refractivity contribution in [2.75, 3.05) is 0 Å². The number of halogens is 1. The highest BCUT2D eigenvalue weighted by molar-refractivity contribution is 9.10. The summed E-state index contributed by atoms with van der Waals surface area (Å²) in [5.41, 5.74) is 0. The molecule has 0 N–H and O–H groups in total. The van der Waals surface area contributed by atoms with Crippen molar-refractivity contribution in [1.29, 1.82) is 0 Å². The highest BCUT2D eigenvalue weighted by Crippen LogP contribution is 2.36. The molecule has 1 fully saturated rings. The Balaban J connectivity index is 2.56. The van der Waals surface area contributed by atoms with Gasteiger partial charge in [0.05, 0.1) is 0 Å². The van der Waals surface area contributed by atoms with Gasteiger partial charge in [-0.2, -0.15) is 0 Å². The molecule has 12 heavy (non-hydrogen) atoms. The number of ketones is 1. The van der Waals surface area contributed by atoms with Crippen LogP contribution in [0.15, 0.2) is 0 Å². The predicted molar refractivity (Wildman–Crippen MR) is 54.5 cm³/mol. The van der Waals surface area contributed by atoms with Gasteiger partial charge in [0.1, 0.15) is 5.78 Å². The van der Waals surface area contributed by atoms with Crippen molar-refractivity contribution in [2.24, 2.45) is 11.8 Å². The van der Waals surface area contributed by atoms with Crippen molar-refractivity contribution in [3.8, 4) is 0 Å². The van der Waals surface area contributed by atoms with Gasteiger partial charge in [0.15, 0.2) is 0 Å². The second-order valence-electron chi connectivity index (χ2n) is 4.51. The van der Waals surface area contributed by atoms with Crippen LogP contribution in [0.5, 0.6) is 0 Å². The summed E-state index contributed by atoms with van der Waals surface area (Å²) in [4.78, 5) is 11.4. The van der Waals surface area contributed by atoms with Crippen molar-refractivity contribution in [2.45, 2.75) is 44.4 Å². The van der Waals surface area contributed by atoms with Crippen LogP contribution in [-0.2, 0) is 4.79 Å². The van der Waals surface area contributed by atoms with E-state index >= 15 is 0 Å². The molecular weight excluding hydrogens is 216 g/mol. The number of carbonyl (C=O) groups is 1. The Morgan fingerprint density at radius 3 is 2.50 bits per heavy atom. The number of Topliss-reactive ketones (excluding diaryl/α,β-unsaturated/α-hetero) is 1. The molecule has 1 aliphatic rings. The highest BCUT2D eigenvalue weighted by Gasteiger charge is 2.34. The zero-order valence-electron chi connectivity index (χ0n) is 8.06. The molecule has 1 saturated carbocycles. The number of alkyl halides is 1. The predicted octanol–water partition coefficient (Wildman–Crippen LogP) is 3.17. The van der Waals surface area contributed by atoms with Gasteiger partial charge in [0.25, 0.3) is 0 Å². The molecule has 0 aromatic rings. The van der Waals surface area contributed by atoms with Gasteiger partial charge in [-0.1, -0.05) is 36.7 Å². The van der Waals surface area contributed by atoms with Gasteiger partial charge in [-0.05, 0) is 18.8 Å². The average Bonchev–Trinajstić information content (AvgIpc) is 2.16. The fraction of sp³-hybridized carbons (Fsp3) is 0.900. The highest BCUT2D eigenvalue weighted by atomic mass is 79.9. The van der Waals surface area contributed by atoms with Gasteiger partial charge in [0, 0.05) is 16.7 Å². The monoisotopic (exact) mass is 232 g/mol. The smallest absolute Gasteiger partial charge is 0.136 e. The summed E-state index contributed by atoms with van der Waals surface area (Å²) in [5.74, 6) is 1.36. The molecule has 0 saturated heterocycles. The lowest BCUT2D eigenvalue weighted by Gasteiger charge is -2.22. The third-order valence-electron chi connectivity index (χ3n) is 2.65. The topological polar surface area (TPSA) is 17.1 Å². The minimum Gasteiger partial charge on any atom is -0.299 e. The Kier molecular flexibility index (Phi) is 2.97. The van der Waals surface area contributed by atoms with Gasteiger partial charge in [0.2, 0.25) is 0 Å². The van der Waals surface area contributed by atoms with Crippen LogP contribution >= 0.6 is 15.9 Å². The molecule has 2 heteroatoms. The van der Waals surface area contributed by atoms with Crippen molar-refractivity contribution in [3.05, 3.63) is 0 Å². The third-order valence-corrected chi connectivity index (χ3v) is 2.98. The molecular formula is C10H17BrO. The number of rotatable bonds is 2. The van der Waals surface area contributed by atoms with Crippen LogP contribution in [0.2, 0.25) is 0 Å². The van der Waals surface area contributed by atoms with Crippen LogP contribution in [0.3, 0.4) is 0 Å². The maximum absolute atomic E-state index is 11.4. The van der Waals surface area contributed by atoms with Crippen LogP contribution in [0.1, 0.15) is 40.0 Å². The second kappa shape index (κ2) is 3.49. The standard InChI is InChI=1S/C10H17BrO/c1-7-4-5-9(12)8(7)6-10(2,3)11/h7-8H,4-6H2,1-3H3/t7-,8+/m1/s1. The Bertz CT molecular complexity index is 181. The Morgan fingerprint density at radius 2 is 2.17 bits per heavy atom. The SMILES string of the molecule is C[C@@H]1CCC(=O)[C@H]1CC(C)(C)Br. The van der Waals surface area contributed by atoms with Gasteiger partial charge in [-0.25, -0.2) is 0 Å². The number of carbonyl (C=O) groups excluding carboxylic acids is 1. The first-order valence-corrected chi connectivity index (χ1v) is 5.41. The van der Waals surface area contributed by atoms with Crippen LogP contribution in [0.4, 0.5) is 0 Å². The van der Waals surface area contributed by atoms with E-state index in [9.17, 15) is 4.79 Å². The summed E-state index contributed by atoms with van der Waals surface area (Å²) >= 11 is 3.59. The molecule has 0 radical (unpaired) electrons. The molecule has 0 unspecified atom stereocenters. The largest absolute Gasteiger partial charge is 0.299 e. The molecule has 0 aliphatic heterocycles. The molecule has 2 atom stereocenters. The van der Waals surface area contributed by atoms with Crippen LogP contribution in [0.25, 0.3) is 0 Å². The molecule has 1 nitrogen and oxygen atoms in total. The van der Waals surface area contributed by atoms with Crippen LogP contribution in [-0.4, -0.2) is 10.1 Å². The van der Waals surface area contributed by atoms with E-state index in [1.54, 1.807) is 0 Å². The minimum absolute atomic E-state index is 0.117. The first-order valence-electron chi connectivity index (χ1n) is 4.62. The fourth-order valence-corrected chi connectivity index (χ4v) is 2.26. The lowest BCUT2D eigenvalue weighted by Crippen LogP contribution is -2.22. The number of hydrogen-bond acceptors (Lipinski definition) is 1. The zero-order chi connectivity index (χ0) is 9.35. The maximum Gasteiger partial charge on any atom is 0.136 e. The second-order valence-corrected chi connectivity index (χ2v) is 6.66. The van der Waals surface area contributed by atoms with Crippen LogP contribution in [0, 0.1) is 11.8 Å². The van der Waals surface area contributed by atoms with Crippen molar-refractivity contribution in [1.82, 2.24) is 0 Å². The van der Waals surface area contributed by atoms with E-state index in [2.05, 4.69) is 36.7 Å². The fourth-order valence-electron chi connectivity index (χ4n) is 1.91. The van der Waals surface area contributed by atoms with E-state index in [0.29, 0.717) is 17.6 Å². The summed E-state index contributed by atoms with van der Waals surface area (Å²) in [6.45, 7) is 6.45. The molecule has 0 amide bonds. The van der Waals surface area contributed by atoms with Gasteiger partial charge < -0.3 is 0 Å². The van der Waals surface area contributed by atoms with Crippen molar-refractivity contribution >= 4 is 21.7 Å². The van der Waals surface area contributed by atoms with E-state index in [1.807, 2.05) is 0 Å². The Hall–Kier alpha value is 0.150. The number of hydrogen-bond donors (Lipinski definition) is 0. The summed E-state index contributed by atoms with van der Waals surface area (Å²) < 4.78 is 0.117. The summed E-state index contributed by atoms with van der Waals surface area (Å²) in [5, 5.41) is 0. The molecule has 0 spiro atoms. The lowest BCUT2D eigenvalue weighted by molar-refractivity contribution is -0.121. The summed E-state index contributed by atoms with van der Waals surface area (Å²) in [6, 6.07) is 0. The van der Waals surface area contributed by atoms with Gasteiger partial charge in [-0.15, -0.1) is 0 Å². The van der Waals surface area contributed by atoms with E-state index in [0.717, 1.165) is 19.3 Å². The third kappa shape index (κ3) is 2.58. The quantitative estimate of drug-likeness (QED) is 0.669. The van der Waals surface area contributed by atoms with E-state index in [-0.39, 0.29) is 4.32 Å².